The van der Waals surface area contributed by atoms with Crippen molar-refractivity contribution >= 4 is 21.7 Å². The predicted molar refractivity (Wildman–Crippen MR) is 105 cm³/mol. The molecule has 3 N–H and O–H groups in total. The lowest BCUT2D eigenvalue weighted by Gasteiger charge is -2.16. The molecule has 0 spiro atoms. The summed E-state index contributed by atoms with van der Waals surface area (Å²) in [4.78, 5) is 6.61. The largest absolute Gasteiger partial charge is 0.586 e. The van der Waals surface area contributed by atoms with E-state index in [0.29, 0.717) is 11.8 Å². The van der Waals surface area contributed by atoms with Crippen LogP contribution in [0.4, 0.5) is 33.6 Å². The Morgan fingerprint density at radius 2 is 1.76 bits per heavy atom. The Hall–Kier alpha value is -3.68. The van der Waals surface area contributed by atoms with Crippen molar-refractivity contribution in [1.82, 2.24) is 9.97 Å². The highest BCUT2D eigenvalue weighted by atomic mass is 32.2. The fraction of sp³-hybridized carbons (Fsp3) is 0.158. The fourth-order valence-electron chi connectivity index (χ4n) is 3.14. The molecule has 0 amide bonds. The van der Waals surface area contributed by atoms with E-state index in [0.717, 1.165) is 30.3 Å². The predicted octanol–water partition coefficient (Wildman–Crippen LogP) is 4.18. The maximum absolute atomic E-state index is 13.6. The summed E-state index contributed by atoms with van der Waals surface area (Å²) in [7, 11) is -4.84. The minimum atomic E-state index is -5.01. The Balaban J connectivity index is 1.77. The molecule has 14 heteroatoms. The van der Waals surface area contributed by atoms with Gasteiger partial charge in [-0.1, -0.05) is 6.07 Å². The zero-order chi connectivity index (χ0) is 24.2. The van der Waals surface area contributed by atoms with Gasteiger partial charge in [-0.05, 0) is 36.8 Å². The van der Waals surface area contributed by atoms with Crippen molar-refractivity contribution in [3.63, 3.8) is 0 Å². The van der Waals surface area contributed by atoms with Crippen LogP contribution in [0, 0.1) is 6.92 Å². The lowest BCUT2D eigenvalue weighted by atomic mass is 10.0. The van der Waals surface area contributed by atoms with E-state index in [2.05, 4.69) is 19.4 Å². The van der Waals surface area contributed by atoms with E-state index in [4.69, 9.17) is 5.73 Å². The summed E-state index contributed by atoms with van der Waals surface area (Å²) >= 11 is 0. The molecule has 1 aliphatic heterocycles. The van der Waals surface area contributed by atoms with Crippen molar-refractivity contribution in [2.45, 2.75) is 24.3 Å². The lowest BCUT2D eigenvalue weighted by molar-refractivity contribution is -0.286. The number of hydrogen-bond acceptors (Lipinski definition) is 7. The number of nitrogens with two attached hydrogens (primary N) is 1. The molecule has 0 unspecified atom stereocenters. The first kappa shape index (κ1) is 22.5. The second-order valence-corrected chi connectivity index (χ2v) is 8.52. The van der Waals surface area contributed by atoms with Crippen LogP contribution in [-0.4, -0.2) is 24.7 Å². The molecule has 0 aliphatic carbocycles. The highest BCUT2D eigenvalue weighted by molar-refractivity contribution is 7.92. The Bertz CT molecular complexity index is 1360. The molecule has 1 aliphatic rings. The Kier molecular flexibility index (Phi) is 5.07. The minimum absolute atomic E-state index is 0.0638. The van der Waals surface area contributed by atoms with E-state index >= 15 is 0 Å². The number of fused-ring (bicyclic) bond motifs is 1. The number of rotatable bonds is 4. The van der Waals surface area contributed by atoms with Gasteiger partial charge in [0.05, 0.1) is 16.9 Å². The summed E-state index contributed by atoms with van der Waals surface area (Å²) in [5, 5.41) is 0. The van der Waals surface area contributed by atoms with Crippen LogP contribution < -0.4 is 19.9 Å². The maximum Gasteiger partial charge on any atom is 0.586 e. The van der Waals surface area contributed by atoms with Crippen molar-refractivity contribution < 1.29 is 39.8 Å². The number of ether oxygens (including phenoxy) is 2. The first-order chi connectivity index (χ1) is 15.2. The molecule has 0 saturated heterocycles. The van der Waals surface area contributed by atoms with Gasteiger partial charge in [0.25, 0.3) is 10.0 Å². The van der Waals surface area contributed by atoms with Crippen LogP contribution in [0.25, 0.3) is 11.1 Å². The summed E-state index contributed by atoms with van der Waals surface area (Å²) in [5.41, 5.74) is 4.40. The van der Waals surface area contributed by atoms with Gasteiger partial charge in [0.15, 0.2) is 11.5 Å². The molecule has 4 rings (SSSR count). The molecule has 33 heavy (non-hydrogen) atoms. The average molecular weight is 488 g/mol. The van der Waals surface area contributed by atoms with Gasteiger partial charge >= 0.3 is 12.5 Å². The van der Waals surface area contributed by atoms with E-state index in [1.807, 2.05) is 4.72 Å². The molecule has 0 radical (unpaired) electrons. The van der Waals surface area contributed by atoms with Gasteiger partial charge < -0.3 is 15.2 Å². The number of anilines is 2. The first-order valence-corrected chi connectivity index (χ1v) is 10.5. The van der Waals surface area contributed by atoms with Gasteiger partial charge in [0.1, 0.15) is 4.90 Å². The molecule has 174 valence electrons. The second kappa shape index (κ2) is 7.43. The van der Waals surface area contributed by atoms with E-state index in [1.165, 1.54) is 13.1 Å². The van der Waals surface area contributed by atoms with Crippen molar-refractivity contribution in [1.29, 1.82) is 0 Å². The third kappa shape index (κ3) is 4.46. The smallest absolute Gasteiger partial charge is 0.395 e. The number of sulfonamides is 1. The van der Waals surface area contributed by atoms with Crippen LogP contribution >= 0.6 is 0 Å². The highest BCUT2D eigenvalue weighted by Gasteiger charge is 2.43. The van der Waals surface area contributed by atoms with Gasteiger partial charge in [0, 0.05) is 17.8 Å². The van der Waals surface area contributed by atoms with Crippen LogP contribution in [0.3, 0.4) is 0 Å². The third-order valence-corrected chi connectivity index (χ3v) is 5.96. The molecule has 0 fully saturated rings. The Morgan fingerprint density at radius 3 is 2.42 bits per heavy atom. The average Bonchev–Trinajstić information content (AvgIpc) is 2.99. The minimum Gasteiger partial charge on any atom is -0.395 e. The third-order valence-electron chi connectivity index (χ3n) is 4.54. The first-order valence-electron chi connectivity index (χ1n) is 8.99. The van der Waals surface area contributed by atoms with Crippen molar-refractivity contribution in [2.24, 2.45) is 0 Å². The SMILES string of the molecule is Cc1nc(N)ncc1-c1ccc(C(F)(F)F)c(S(=O)(=O)Nc2ccc3c(c2)OC(F)(F)O3)c1. The molecule has 1 aromatic heterocycles. The number of hydrogen-bond donors (Lipinski definition) is 2. The number of aromatic nitrogens is 2. The normalized spacial score (nSPS) is 14.8. The summed E-state index contributed by atoms with van der Waals surface area (Å²) < 4.78 is 103. The molecule has 8 nitrogen and oxygen atoms in total. The van der Waals surface area contributed by atoms with Crippen LogP contribution in [0.2, 0.25) is 0 Å². The molecule has 0 atom stereocenters. The van der Waals surface area contributed by atoms with Crippen LogP contribution in [0.5, 0.6) is 11.5 Å². The topological polar surface area (TPSA) is 116 Å². The lowest BCUT2D eigenvalue weighted by Crippen LogP contribution is -2.25. The number of halogens is 5. The zero-order valence-electron chi connectivity index (χ0n) is 16.4. The molecular formula is C19H13F5N4O4S. The molecule has 0 bridgehead atoms. The van der Waals surface area contributed by atoms with Crippen LogP contribution in [0.1, 0.15) is 11.3 Å². The summed E-state index contributed by atoms with van der Waals surface area (Å²) in [6, 6.07) is 5.39. The summed E-state index contributed by atoms with van der Waals surface area (Å²) in [6.07, 6.45) is -7.70. The monoisotopic (exact) mass is 488 g/mol. The molecule has 2 heterocycles. The van der Waals surface area contributed by atoms with Crippen molar-refractivity contribution in [3.05, 3.63) is 53.9 Å². The van der Waals surface area contributed by atoms with Gasteiger partial charge in [-0.2, -0.15) is 13.2 Å². The van der Waals surface area contributed by atoms with Crippen molar-refractivity contribution in [2.75, 3.05) is 10.5 Å². The molecular weight excluding hydrogens is 475 g/mol. The van der Waals surface area contributed by atoms with E-state index in [-0.39, 0.29) is 28.5 Å². The van der Waals surface area contributed by atoms with E-state index in [1.54, 1.807) is 0 Å². The van der Waals surface area contributed by atoms with Crippen LogP contribution in [-0.2, 0) is 16.2 Å². The maximum atomic E-state index is 13.6. The standard InChI is InChI=1S/C19H13F5N4O4S/c1-9-12(8-26-17(25)27-9)10-2-4-13(18(20,21)22)16(6-10)33(29,30)28-11-3-5-14-15(7-11)32-19(23,24)31-14/h2-8,28H,1H3,(H2,25,26,27). The Morgan fingerprint density at radius 1 is 1.06 bits per heavy atom. The van der Waals surface area contributed by atoms with E-state index in [9.17, 15) is 30.4 Å². The second-order valence-electron chi connectivity index (χ2n) is 6.87. The number of alkyl halides is 5. The Labute approximate surface area is 183 Å². The quantitative estimate of drug-likeness (QED) is 0.530. The zero-order valence-corrected chi connectivity index (χ0v) is 17.3. The highest BCUT2D eigenvalue weighted by Crippen LogP contribution is 2.43. The van der Waals surface area contributed by atoms with E-state index < -0.39 is 38.7 Å². The van der Waals surface area contributed by atoms with Gasteiger partial charge in [-0.25, -0.2) is 18.4 Å². The van der Waals surface area contributed by atoms with Crippen molar-refractivity contribution in [3.8, 4) is 22.6 Å². The van der Waals surface area contributed by atoms with Gasteiger partial charge in [-0.3, -0.25) is 4.72 Å². The number of nitrogens with one attached hydrogen (secondary N) is 1. The fourth-order valence-corrected chi connectivity index (χ4v) is 4.44. The van der Waals surface area contributed by atoms with Gasteiger partial charge in [-0.15, -0.1) is 8.78 Å². The number of aryl methyl sites for hydroxylation is 1. The summed E-state index contributed by atoms with van der Waals surface area (Å²) in [5.74, 6) is -0.912. The van der Waals surface area contributed by atoms with Gasteiger partial charge in [0.2, 0.25) is 5.95 Å². The number of benzene rings is 2. The number of nitrogen functional groups attached to an aromatic ring is 1. The number of nitrogens with zero attached hydrogens (tertiary/aromatic N) is 2. The molecule has 3 aromatic rings. The molecule has 2 aromatic carbocycles. The summed E-state index contributed by atoms with van der Waals surface area (Å²) in [6.45, 7) is 1.53. The molecule has 0 saturated carbocycles. The van der Waals surface area contributed by atoms with Crippen LogP contribution in [0.15, 0.2) is 47.5 Å².